The predicted octanol–water partition coefficient (Wildman–Crippen LogP) is 1.79. The largest absolute Gasteiger partial charge is 0.497 e. The smallest absolute Gasteiger partial charge is 0.270 e. The second-order valence-corrected chi connectivity index (χ2v) is 5.44. The number of hydrogen-bond donors (Lipinski definition) is 1. The van der Waals surface area contributed by atoms with Gasteiger partial charge in [-0.1, -0.05) is 0 Å². The number of nitrogens with one attached hydrogen (secondary N) is 1. The molecule has 2 bridgehead atoms. The molecule has 1 aromatic heterocycles. The molecule has 2 saturated heterocycles. The van der Waals surface area contributed by atoms with Crippen LogP contribution < -0.4 is 4.74 Å². The number of carbonyl (C=O) groups excluding carboxylic acids is 1. The van der Waals surface area contributed by atoms with E-state index in [-0.39, 0.29) is 18.1 Å². The van der Waals surface area contributed by atoms with Gasteiger partial charge in [0.15, 0.2) is 0 Å². The maximum absolute atomic E-state index is 12.6. The minimum atomic E-state index is 0.0657. The van der Waals surface area contributed by atoms with E-state index in [0.717, 1.165) is 23.1 Å². The number of fused-ring (bicyclic) bond motifs is 3. The molecule has 0 radical (unpaired) electrons. The summed E-state index contributed by atoms with van der Waals surface area (Å²) in [6.45, 7) is 1.38. The molecular formula is C15H16N2O3. The molecule has 2 atom stereocenters. The fourth-order valence-corrected chi connectivity index (χ4v) is 3.15. The van der Waals surface area contributed by atoms with E-state index in [1.807, 2.05) is 29.2 Å². The number of morpholine rings is 1. The number of aromatic nitrogens is 1. The number of methoxy groups -OCH3 is 1. The van der Waals surface area contributed by atoms with Crippen molar-refractivity contribution in [3.8, 4) is 5.75 Å². The third-order valence-corrected chi connectivity index (χ3v) is 4.22. The number of nitrogens with zero attached hydrogens (tertiary/aromatic N) is 1. The third-order valence-electron chi connectivity index (χ3n) is 4.22. The molecule has 2 aromatic rings. The number of aromatic amines is 1. The Bertz CT molecular complexity index is 679. The molecular weight excluding hydrogens is 256 g/mol. The van der Waals surface area contributed by atoms with Gasteiger partial charge in [0.05, 0.1) is 25.9 Å². The third kappa shape index (κ3) is 1.70. The summed E-state index contributed by atoms with van der Waals surface area (Å²) in [7, 11) is 1.64. The summed E-state index contributed by atoms with van der Waals surface area (Å²) in [5, 5.41) is 1.02. The Hall–Kier alpha value is -2.01. The standard InChI is InChI=1S/C15H16N2O3/c1-19-11-3-2-9-4-14(16-13(9)6-11)15(18)17-7-12-5-10(17)8-20-12/h2-4,6,10,12,16H,5,7-8H2,1H3/t10-,12+/m0/s1. The highest BCUT2D eigenvalue weighted by molar-refractivity contribution is 5.98. The summed E-state index contributed by atoms with van der Waals surface area (Å²) in [5.41, 5.74) is 1.56. The lowest BCUT2D eigenvalue weighted by molar-refractivity contribution is 0.0256. The number of carbonyl (C=O) groups is 1. The highest BCUT2D eigenvalue weighted by atomic mass is 16.5. The van der Waals surface area contributed by atoms with Gasteiger partial charge in [-0.05, 0) is 24.6 Å². The van der Waals surface area contributed by atoms with Gasteiger partial charge in [-0.3, -0.25) is 4.79 Å². The van der Waals surface area contributed by atoms with Crippen LogP contribution in [0.1, 0.15) is 16.9 Å². The predicted molar refractivity (Wildman–Crippen MR) is 74.0 cm³/mol. The Morgan fingerprint density at radius 3 is 3.05 bits per heavy atom. The van der Waals surface area contributed by atoms with Gasteiger partial charge in [0.25, 0.3) is 5.91 Å². The van der Waals surface area contributed by atoms with Crippen LogP contribution >= 0.6 is 0 Å². The first kappa shape index (κ1) is 11.8. The minimum absolute atomic E-state index is 0.0657. The molecule has 104 valence electrons. The monoisotopic (exact) mass is 272 g/mol. The van der Waals surface area contributed by atoms with Crippen LogP contribution in [0.25, 0.3) is 10.9 Å². The number of amides is 1. The van der Waals surface area contributed by atoms with Crippen molar-refractivity contribution in [2.75, 3.05) is 20.3 Å². The molecule has 5 nitrogen and oxygen atoms in total. The summed E-state index contributed by atoms with van der Waals surface area (Å²) in [6.07, 6.45) is 1.20. The summed E-state index contributed by atoms with van der Waals surface area (Å²) in [6, 6.07) is 7.92. The van der Waals surface area contributed by atoms with Crippen molar-refractivity contribution in [1.29, 1.82) is 0 Å². The lowest BCUT2D eigenvalue weighted by Gasteiger charge is -2.26. The average molecular weight is 272 g/mol. The minimum Gasteiger partial charge on any atom is -0.497 e. The number of H-pyrrole nitrogens is 1. The molecule has 0 saturated carbocycles. The first-order chi connectivity index (χ1) is 9.74. The van der Waals surface area contributed by atoms with Crippen molar-refractivity contribution in [2.45, 2.75) is 18.6 Å². The van der Waals surface area contributed by atoms with E-state index in [1.165, 1.54) is 0 Å². The maximum Gasteiger partial charge on any atom is 0.270 e. The Balaban J connectivity index is 1.66. The zero-order valence-corrected chi connectivity index (χ0v) is 11.3. The number of likely N-dealkylation sites (tertiary alicyclic amines) is 1. The molecule has 4 rings (SSSR count). The number of hydrogen-bond acceptors (Lipinski definition) is 3. The zero-order chi connectivity index (χ0) is 13.7. The van der Waals surface area contributed by atoms with Crippen LogP contribution in [0.4, 0.5) is 0 Å². The highest BCUT2D eigenvalue weighted by Gasteiger charge is 2.41. The molecule has 0 aliphatic carbocycles. The fourth-order valence-electron chi connectivity index (χ4n) is 3.15. The number of benzene rings is 1. The highest BCUT2D eigenvalue weighted by Crippen LogP contribution is 2.30. The van der Waals surface area contributed by atoms with E-state index >= 15 is 0 Å². The quantitative estimate of drug-likeness (QED) is 0.906. The molecule has 1 N–H and O–H groups in total. The second kappa shape index (κ2) is 4.24. The average Bonchev–Trinajstić information content (AvgIpc) is 3.19. The van der Waals surface area contributed by atoms with Crippen LogP contribution in [-0.2, 0) is 4.74 Å². The molecule has 2 aliphatic rings. The van der Waals surface area contributed by atoms with Gasteiger partial charge < -0.3 is 19.4 Å². The van der Waals surface area contributed by atoms with Crippen LogP contribution in [0.15, 0.2) is 24.3 Å². The molecule has 5 heteroatoms. The molecule has 2 aliphatic heterocycles. The van der Waals surface area contributed by atoms with Crippen LogP contribution in [0.3, 0.4) is 0 Å². The van der Waals surface area contributed by atoms with Crippen molar-refractivity contribution >= 4 is 16.8 Å². The first-order valence-corrected chi connectivity index (χ1v) is 6.84. The lowest BCUT2D eigenvalue weighted by Crippen LogP contribution is -2.41. The summed E-state index contributed by atoms with van der Waals surface area (Å²) >= 11 is 0. The topological polar surface area (TPSA) is 54.6 Å². The Morgan fingerprint density at radius 2 is 2.35 bits per heavy atom. The van der Waals surface area contributed by atoms with Gasteiger partial charge in [-0.25, -0.2) is 0 Å². The van der Waals surface area contributed by atoms with E-state index in [4.69, 9.17) is 9.47 Å². The molecule has 2 fully saturated rings. The maximum atomic E-state index is 12.6. The first-order valence-electron chi connectivity index (χ1n) is 6.84. The van der Waals surface area contributed by atoms with E-state index < -0.39 is 0 Å². The van der Waals surface area contributed by atoms with E-state index in [1.54, 1.807) is 7.11 Å². The molecule has 0 unspecified atom stereocenters. The van der Waals surface area contributed by atoms with E-state index in [2.05, 4.69) is 4.98 Å². The van der Waals surface area contributed by atoms with Crippen molar-refractivity contribution in [3.63, 3.8) is 0 Å². The molecule has 1 amide bonds. The lowest BCUT2D eigenvalue weighted by atomic mass is 10.2. The Labute approximate surface area is 116 Å². The normalized spacial score (nSPS) is 24.6. The number of rotatable bonds is 2. The van der Waals surface area contributed by atoms with Crippen molar-refractivity contribution in [2.24, 2.45) is 0 Å². The van der Waals surface area contributed by atoms with Crippen LogP contribution in [0.5, 0.6) is 5.75 Å². The van der Waals surface area contributed by atoms with Crippen molar-refractivity contribution < 1.29 is 14.3 Å². The van der Waals surface area contributed by atoms with Gasteiger partial charge >= 0.3 is 0 Å². The zero-order valence-electron chi connectivity index (χ0n) is 11.3. The van der Waals surface area contributed by atoms with Gasteiger partial charge in [-0.15, -0.1) is 0 Å². The molecule has 1 aromatic carbocycles. The van der Waals surface area contributed by atoms with Gasteiger partial charge in [0, 0.05) is 23.5 Å². The van der Waals surface area contributed by atoms with Gasteiger partial charge in [0.2, 0.25) is 0 Å². The summed E-state index contributed by atoms with van der Waals surface area (Å²) in [5.74, 6) is 0.850. The van der Waals surface area contributed by atoms with E-state index in [9.17, 15) is 4.79 Å². The fraction of sp³-hybridized carbons (Fsp3) is 0.400. The van der Waals surface area contributed by atoms with Crippen LogP contribution in [0.2, 0.25) is 0 Å². The van der Waals surface area contributed by atoms with Gasteiger partial charge in [-0.2, -0.15) is 0 Å². The molecule has 20 heavy (non-hydrogen) atoms. The SMILES string of the molecule is COc1ccc2cc(C(=O)N3C[C@H]4C[C@H]3CO4)[nH]c2c1. The van der Waals surface area contributed by atoms with Crippen LogP contribution in [-0.4, -0.2) is 48.2 Å². The Kier molecular flexibility index (Phi) is 2.50. The second-order valence-electron chi connectivity index (χ2n) is 5.44. The number of ether oxygens (including phenoxy) is 2. The molecule has 0 spiro atoms. The van der Waals surface area contributed by atoms with Crippen molar-refractivity contribution in [1.82, 2.24) is 9.88 Å². The summed E-state index contributed by atoms with van der Waals surface area (Å²) in [4.78, 5) is 17.7. The summed E-state index contributed by atoms with van der Waals surface area (Å²) < 4.78 is 10.7. The van der Waals surface area contributed by atoms with Gasteiger partial charge in [0.1, 0.15) is 11.4 Å². The van der Waals surface area contributed by atoms with E-state index in [0.29, 0.717) is 18.8 Å². The van der Waals surface area contributed by atoms with Crippen LogP contribution in [0, 0.1) is 0 Å². The molecule has 3 heterocycles. The van der Waals surface area contributed by atoms with Crippen molar-refractivity contribution in [3.05, 3.63) is 30.0 Å². The Morgan fingerprint density at radius 1 is 1.45 bits per heavy atom.